The van der Waals surface area contributed by atoms with Crippen LogP contribution in [0.3, 0.4) is 0 Å². The third-order valence-electron chi connectivity index (χ3n) is 24.4. The van der Waals surface area contributed by atoms with Gasteiger partial charge in [-0.05, 0) is 113 Å². The van der Waals surface area contributed by atoms with Gasteiger partial charge < -0.3 is 113 Å². The maximum absolute atomic E-state index is 2.87. The van der Waals surface area contributed by atoms with E-state index in [1.807, 2.05) is 0 Å². The lowest BCUT2D eigenvalue weighted by Crippen LogP contribution is -2.96. The van der Waals surface area contributed by atoms with Crippen LogP contribution in [0.15, 0.2) is 0 Å². The Morgan fingerprint density at radius 1 is 0.113 bits per heavy atom. The molecule has 0 radical (unpaired) electrons. The van der Waals surface area contributed by atoms with Crippen molar-refractivity contribution in [2.24, 2.45) is 0 Å². The van der Waals surface area contributed by atoms with E-state index in [9.17, 15) is 0 Å². The zero-order valence-corrected chi connectivity index (χ0v) is 56.6. The molecule has 6 unspecified atom stereocenters. The van der Waals surface area contributed by atoms with Gasteiger partial charge in [0.1, 0.15) is 0 Å². The lowest BCUT2D eigenvalue weighted by atomic mass is 9.30. The van der Waals surface area contributed by atoms with Crippen molar-refractivity contribution < 1.29 is 0 Å². The van der Waals surface area contributed by atoms with Crippen molar-refractivity contribution in [2.75, 3.05) is 113 Å². The SMILES string of the molecule is CB1N(C)B2N(C)B(N1C)N1B(C)N(C)B(C)N(B1C)B1N(C)B(C)N(C)B(C)N1B1N(C)B(C)N(C)B(N1C)N1B(C)N(C)B(C)N(B3N(C)B(C)N(C)B(N3C)N3B(C)N(C)B(C)N(C)B3N3B(C)N(C)B(C)N2B3C)B1C. The maximum Gasteiger partial charge on any atom is 0.363 e. The largest absolute Gasteiger partial charge is 0.374 e. The molecule has 12 bridgehead atoms. The standard InChI is InChI=1S/C32H96B24N24/c1-33-57(17)44(12)79-53-66(26)36(4)64(24)51(71(53)31)73-38(6)59(19)39(7)74(46(73)14)52-65(25)37(5)67(27)54(72(52)32)80-45(13)58(18)34(2)69(29)56(80)78-43(11)61(21)41(9)76(48(78)16)50-63(23)35(3)62(22)49(70(50)30)75-40(8)60(20)42(10)77(47(75)15)55(79)68(33)28/h1-32H3. The normalized spacial score (nSPS) is 32.2. The van der Waals surface area contributed by atoms with Gasteiger partial charge in [0.25, 0.3) is 112 Å². The molecule has 80 heavy (non-hydrogen) atoms. The fourth-order valence-electron chi connectivity index (χ4n) is 17.6. The van der Waals surface area contributed by atoms with Crippen LogP contribution in [0.4, 0.5) is 0 Å². The summed E-state index contributed by atoms with van der Waals surface area (Å²) in [7, 11) is 37.5. The van der Waals surface area contributed by atoms with Crippen molar-refractivity contribution in [1.82, 2.24) is 113 Å². The lowest BCUT2D eigenvalue weighted by molar-refractivity contribution is 0.428. The van der Waals surface area contributed by atoms with Crippen molar-refractivity contribution in [3.8, 4) is 0 Å². The van der Waals surface area contributed by atoms with Crippen molar-refractivity contribution in [2.45, 2.75) is 109 Å². The third-order valence-corrected chi connectivity index (χ3v) is 24.4. The van der Waals surface area contributed by atoms with Gasteiger partial charge >= 0.3 is 56.9 Å². The highest BCUT2D eigenvalue weighted by Gasteiger charge is 2.70. The summed E-state index contributed by atoms with van der Waals surface area (Å²) in [5.74, 6) is 0. The summed E-state index contributed by atoms with van der Waals surface area (Å²) in [4.78, 5) is 0. The topological polar surface area (TPSA) is 77.8 Å². The average Bonchev–Trinajstić information content (AvgIpc) is 3.41. The van der Waals surface area contributed by atoms with Gasteiger partial charge in [-0.2, -0.15) is 0 Å². The van der Waals surface area contributed by atoms with Crippen LogP contribution in [-0.2, 0) is 0 Å². The van der Waals surface area contributed by atoms with Gasteiger partial charge in [0.2, 0.25) is 0 Å². The molecule has 48 heteroatoms. The molecule has 0 aromatic heterocycles. The van der Waals surface area contributed by atoms with Crippen LogP contribution in [0.5, 0.6) is 0 Å². The molecule has 0 saturated carbocycles. The fraction of sp³-hybridized carbons (Fsp3) is 1.00. The maximum atomic E-state index is 2.87. The fourth-order valence-corrected chi connectivity index (χ4v) is 17.6. The predicted molar refractivity (Wildman–Crippen MR) is 371 cm³/mol. The Bertz CT molecular complexity index is 1910. The summed E-state index contributed by atoms with van der Waals surface area (Å²) in [5.41, 5.74) is 0. The Morgan fingerprint density at radius 3 is 0.438 bits per heavy atom. The van der Waals surface area contributed by atoms with E-state index < -0.39 is 0 Å². The van der Waals surface area contributed by atoms with Crippen LogP contribution in [0.2, 0.25) is 109 Å². The molecule has 9 heterocycles. The highest BCUT2D eigenvalue weighted by molar-refractivity contribution is 7.10. The Balaban J connectivity index is 1.31. The molecular formula is C32H96B24N24. The zero-order valence-electron chi connectivity index (χ0n) is 56.6. The van der Waals surface area contributed by atoms with Gasteiger partial charge in [0.05, 0.1) is 0 Å². The van der Waals surface area contributed by atoms with Crippen molar-refractivity contribution in [3.05, 3.63) is 0 Å². The van der Waals surface area contributed by atoms with Crippen LogP contribution in [0.1, 0.15) is 0 Å². The van der Waals surface area contributed by atoms with Crippen LogP contribution in [0.25, 0.3) is 0 Å². The first-order valence-electron chi connectivity index (χ1n) is 30.9. The molecule has 9 fully saturated rings. The first kappa shape index (κ1) is 65.1. The van der Waals surface area contributed by atoms with E-state index in [4.69, 9.17) is 0 Å². The molecule has 9 aliphatic heterocycles. The average molecular weight is 1080 g/mol. The molecule has 9 aliphatic rings. The summed E-state index contributed by atoms with van der Waals surface area (Å²) in [6.07, 6.45) is 0. The van der Waals surface area contributed by atoms with Crippen LogP contribution in [0, 0.1) is 0 Å². The molecule has 0 aromatic carbocycles. The van der Waals surface area contributed by atoms with E-state index in [1.54, 1.807) is 0 Å². The van der Waals surface area contributed by atoms with Crippen molar-refractivity contribution in [1.29, 1.82) is 0 Å². The van der Waals surface area contributed by atoms with Gasteiger partial charge in [-0.3, -0.25) is 0 Å². The van der Waals surface area contributed by atoms with Crippen LogP contribution >= 0.6 is 0 Å². The van der Waals surface area contributed by atoms with Crippen molar-refractivity contribution >= 4 is 169 Å². The van der Waals surface area contributed by atoms with E-state index in [-0.39, 0.29) is 169 Å². The molecule has 9 rings (SSSR count). The quantitative estimate of drug-likeness (QED) is 0.218. The number of rotatable bonds is 0. The molecule has 24 nitrogen and oxygen atoms in total. The Morgan fingerprint density at radius 2 is 0.237 bits per heavy atom. The van der Waals surface area contributed by atoms with Gasteiger partial charge in [-0.15, -0.1) is 0 Å². The summed E-state index contributed by atoms with van der Waals surface area (Å²) < 4.78 is 65.3. The van der Waals surface area contributed by atoms with Gasteiger partial charge in [-0.25, -0.2) is 0 Å². The molecule has 6 atom stereocenters. The second kappa shape index (κ2) is 23.5. The number of fused-ring (bicyclic) bond motifs is 22. The van der Waals surface area contributed by atoms with E-state index in [2.05, 4.69) is 335 Å². The minimum atomic E-state index is -0.0778. The molecule has 0 spiro atoms. The van der Waals surface area contributed by atoms with Crippen LogP contribution < -0.4 is 0 Å². The van der Waals surface area contributed by atoms with E-state index in [1.165, 1.54) is 0 Å². The van der Waals surface area contributed by atoms with Crippen molar-refractivity contribution in [3.63, 3.8) is 0 Å². The number of nitrogens with zero attached hydrogens (tertiary/aromatic N) is 24. The second-order valence-electron chi connectivity index (χ2n) is 27.1. The number of hydrogen-bond acceptors (Lipinski definition) is 24. The zero-order chi connectivity index (χ0) is 59.7. The molecule has 416 valence electrons. The van der Waals surface area contributed by atoms with Crippen LogP contribution in [-0.4, -0.2) is 394 Å². The van der Waals surface area contributed by atoms with E-state index in [0.717, 1.165) is 0 Å². The molecule has 0 amide bonds. The van der Waals surface area contributed by atoms with E-state index >= 15 is 0 Å². The van der Waals surface area contributed by atoms with Gasteiger partial charge in [0.15, 0.2) is 0 Å². The van der Waals surface area contributed by atoms with Gasteiger partial charge in [0, 0.05) is 0 Å². The minimum Gasteiger partial charge on any atom is -0.374 e. The Hall–Kier alpha value is 0.598. The minimum absolute atomic E-state index is 0.0338. The molecule has 0 aliphatic carbocycles. The Labute approximate surface area is 500 Å². The number of hydrogen-bond donors (Lipinski definition) is 0. The first-order valence-corrected chi connectivity index (χ1v) is 30.9. The van der Waals surface area contributed by atoms with E-state index in [0.29, 0.717) is 0 Å². The monoisotopic (exact) mass is 1080 g/mol. The summed E-state index contributed by atoms with van der Waals surface area (Å²) in [5, 5.41) is 0. The second-order valence-corrected chi connectivity index (χ2v) is 27.1. The Kier molecular flexibility index (Phi) is 19.1. The van der Waals surface area contributed by atoms with Gasteiger partial charge in [-0.1, -0.05) is 109 Å². The molecular weight excluding hydrogens is 980 g/mol. The molecule has 0 aromatic rings. The highest BCUT2D eigenvalue weighted by Crippen LogP contribution is 2.38. The smallest absolute Gasteiger partial charge is 0.363 e. The summed E-state index contributed by atoms with van der Waals surface area (Å²) in [6, 6.07) is 0. The third kappa shape index (κ3) is 9.38. The highest BCUT2D eigenvalue weighted by atomic mass is 15.5. The predicted octanol–water partition coefficient (Wildman–Crippen LogP) is -4.80. The molecule has 9 saturated heterocycles. The summed E-state index contributed by atoms with van der Waals surface area (Å²) in [6.45, 7) is 41.2. The molecule has 0 N–H and O–H groups in total. The lowest BCUT2D eigenvalue weighted by Gasteiger charge is -2.68. The summed E-state index contributed by atoms with van der Waals surface area (Å²) >= 11 is 0. The first-order chi connectivity index (χ1) is 37.1.